The van der Waals surface area contributed by atoms with E-state index in [1.54, 1.807) is 0 Å². The molecule has 1 N–H and O–H groups in total. The Morgan fingerprint density at radius 2 is 1.89 bits per heavy atom. The molecule has 0 aliphatic carbocycles. The topological polar surface area (TPSA) is 15.3 Å². The number of halogens is 1. The highest BCUT2D eigenvalue weighted by atomic mass is 79.9. The van der Waals surface area contributed by atoms with Gasteiger partial charge in [-0.05, 0) is 44.0 Å². The van der Waals surface area contributed by atoms with Gasteiger partial charge in [0.25, 0.3) is 0 Å². The molecule has 0 fully saturated rings. The maximum Gasteiger partial charge on any atom is 0.0377 e. The fourth-order valence-electron chi connectivity index (χ4n) is 2.34. The van der Waals surface area contributed by atoms with Crippen LogP contribution >= 0.6 is 15.9 Å². The largest absolute Gasteiger partial charge is 0.372 e. The molecule has 0 amide bonds. The first-order valence-corrected chi connectivity index (χ1v) is 8.06. The first-order chi connectivity index (χ1) is 8.99. The van der Waals surface area contributed by atoms with E-state index in [4.69, 9.17) is 0 Å². The van der Waals surface area contributed by atoms with Crippen LogP contribution in [-0.2, 0) is 0 Å². The molecule has 0 spiro atoms. The molecule has 0 bridgehead atoms. The first kappa shape index (κ1) is 16.5. The van der Waals surface area contributed by atoms with Crippen molar-refractivity contribution < 1.29 is 0 Å². The van der Waals surface area contributed by atoms with E-state index in [0.29, 0.717) is 12.0 Å². The third-order valence-electron chi connectivity index (χ3n) is 3.29. The van der Waals surface area contributed by atoms with Crippen LogP contribution in [0.4, 0.5) is 5.69 Å². The quantitative estimate of drug-likeness (QED) is 0.787. The molecule has 3 heteroatoms. The second-order valence-corrected chi connectivity index (χ2v) is 6.27. The van der Waals surface area contributed by atoms with Crippen molar-refractivity contribution in [2.24, 2.45) is 5.92 Å². The van der Waals surface area contributed by atoms with Crippen molar-refractivity contribution in [2.45, 2.75) is 40.7 Å². The highest BCUT2D eigenvalue weighted by molar-refractivity contribution is 9.10. The molecule has 0 heterocycles. The van der Waals surface area contributed by atoms with Gasteiger partial charge in [-0.2, -0.15) is 0 Å². The van der Waals surface area contributed by atoms with Crippen molar-refractivity contribution in [2.75, 3.05) is 24.5 Å². The lowest BCUT2D eigenvalue weighted by Crippen LogP contribution is -2.27. The standard InChI is InChI=1S/C16H27BrN2/c1-6-18-13(5)15-9-8-14(10-16(15)17)19(7-2)11-12(3)4/h8-10,12-13,18H,6-7,11H2,1-5H3. The monoisotopic (exact) mass is 326 g/mol. The van der Waals surface area contributed by atoms with Crippen molar-refractivity contribution in [3.05, 3.63) is 28.2 Å². The minimum absolute atomic E-state index is 0.383. The molecule has 108 valence electrons. The van der Waals surface area contributed by atoms with Gasteiger partial charge in [-0.1, -0.05) is 42.8 Å². The minimum atomic E-state index is 0.383. The number of hydrogen-bond acceptors (Lipinski definition) is 2. The van der Waals surface area contributed by atoms with Gasteiger partial charge in [0.1, 0.15) is 0 Å². The lowest BCUT2D eigenvalue weighted by molar-refractivity contribution is 0.595. The molecule has 0 saturated carbocycles. The highest BCUT2D eigenvalue weighted by Gasteiger charge is 2.12. The van der Waals surface area contributed by atoms with E-state index in [2.05, 4.69) is 79.0 Å². The number of hydrogen-bond donors (Lipinski definition) is 1. The average Bonchev–Trinajstić information content (AvgIpc) is 2.35. The molecule has 1 unspecified atom stereocenters. The molecular weight excluding hydrogens is 300 g/mol. The van der Waals surface area contributed by atoms with Gasteiger partial charge in [0.2, 0.25) is 0 Å². The average molecular weight is 327 g/mol. The van der Waals surface area contributed by atoms with Crippen LogP contribution in [0, 0.1) is 5.92 Å². The van der Waals surface area contributed by atoms with Crippen LogP contribution in [0.3, 0.4) is 0 Å². The minimum Gasteiger partial charge on any atom is -0.372 e. The van der Waals surface area contributed by atoms with E-state index in [1.165, 1.54) is 15.7 Å². The van der Waals surface area contributed by atoms with E-state index in [0.717, 1.165) is 19.6 Å². The summed E-state index contributed by atoms with van der Waals surface area (Å²) in [6.45, 7) is 14.2. The van der Waals surface area contributed by atoms with Crippen LogP contribution in [0.25, 0.3) is 0 Å². The second kappa shape index (κ2) is 7.91. The summed E-state index contributed by atoms with van der Waals surface area (Å²) in [4.78, 5) is 2.43. The Balaban J connectivity index is 2.91. The normalized spacial score (nSPS) is 12.8. The van der Waals surface area contributed by atoms with E-state index >= 15 is 0 Å². The summed E-state index contributed by atoms with van der Waals surface area (Å²) >= 11 is 3.71. The second-order valence-electron chi connectivity index (χ2n) is 5.42. The van der Waals surface area contributed by atoms with Gasteiger partial charge in [0.05, 0.1) is 0 Å². The first-order valence-electron chi connectivity index (χ1n) is 7.27. The van der Waals surface area contributed by atoms with Gasteiger partial charge in [-0.25, -0.2) is 0 Å². The molecule has 1 aromatic rings. The molecular formula is C16H27BrN2. The van der Waals surface area contributed by atoms with Crippen LogP contribution in [-0.4, -0.2) is 19.6 Å². The van der Waals surface area contributed by atoms with Crippen molar-refractivity contribution in [1.82, 2.24) is 5.32 Å². The summed E-state index contributed by atoms with van der Waals surface area (Å²) in [5.41, 5.74) is 2.63. The van der Waals surface area contributed by atoms with Crippen molar-refractivity contribution in [3.63, 3.8) is 0 Å². The number of benzene rings is 1. The predicted octanol–water partition coefficient (Wildman–Crippen LogP) is 4.60. The van der Waals surface area contributed by atoms with E-state index in [1.807, 2.05) is 0 Å². The Bertz CT molecular complexity index is 390. The number of nitrogens with zero attached hydrogens (tertiary/aromatic N) is 1. The maximum absolute atomic E-state index is 3.71. The van der Waals surface area contributed by atoms with Gasteiger partial charge in [-0.3, -0.25) is 0 Å². The van der Waals surface area contributed by atoms with Crippen molar-refractivity contribution in [1.29, 1.82) is 0 Å². The van der Waals surface area contributed by atoms with Crippen LogP contribution in [0.15, 0.2) is 22.7 Å². The van der Waals surface area contributed by atoms with Gasteiger partial charge < -0.3 is 10.2 Å². The van der Waals surface area contributed by atoms with Crippen molar-refractivity contribution in [3.8, 4) is 0 Å². The zero-order valence-corrected chi connectivity index (χ0v) is 14.4. The molecule has 1 aromatic carbocycles. The van der Waals surface area contributed by atoms with Crippen LogP contribution in [0.2, 0.25) is 0 Å². The number of nitrogens with one attached hydrogen (secondary N) is 1. The summed E-state index contributed by atoms with van der Waals surface area (Å²) in [5, 5.41) is 3.45. The third kappa shape index (κ3) is 4.81. The molecule has 1 atom stereocenters. The zero-order chi connectivity index (χ0) is 14.4. The Labute approximate surface area is 126 Å². The molecule has 19 heavy (non-hydrogen) atoms. The summed E-state index contributed by atoms with van der Waals surface area (Å²) in [6.07, 6.45) is 0. The van der Waals surface area contributed by atoms with Crippen LogP contribution < -0.4 is 10.2 Å². The molecule has 2 nitrogen and oxygen atoms in total. The Hall–Kier alpha value is -0.540. The molecule has 1 rings (SSSR count). The summed E-state index contributed by atoms with van der Waals surface area (Å²) in [5.74, 6) is 0.680. The van der Waals surface area contributed by atoms with Gasteiger partial charge in [0.15, 0.2) is 0 Å². The zero-order valence-electron chi connectivity index (χ0n) is 12.8. The lowest BCUT2D eigenvalue weighted by Gasteiger charge is -2.26. The molecule has 0 saturated heterocycles. The third-order valence-corrected chi connectivity index (χ3v) is 3.98. The highest BCUT2D eigenvalue weighted by Crippen LogP contribution is 2.28. The van der Waals surface area contributed by atoms with Crippen LogP contribution in [0.1, 0.15) is 46.2 Å². The number of anilines is 1. The fraction of sp³-hybridized carbons (Fsp3) is 0.625. The summed E-state index contributed by atoms with van der Waals surface area (Å²) < 4.78 is 1.20. The van der Waals surface area contributed by atoms with E-state index < -0.39 is 0 Å². The molecule has 0 radical (unpaired) electrons. The van der Waals surface area contributed by atoms with Gasteiger partial charge in [0, 0.05) is 29.3 Å². The van der Waals surface area contributed by atoms with E-state index in [9.17, 15) is 0 Å². The summed E-state index contributed by atoms with van der Waals surface area (Å²) in [7, 11) is 0. The Morgan fingerprint density at radius 1 is 1.21 bits per heavy atom. The SMILES string of the molecule is CCNC(C)c1ccc(N(CC)CC(C)C)cc1Br. The Kier molecular flexibility index (Phi) is 6.87. The summed E-state index contributed by atoms with van der Waals surface area (Å²) in [6, 6.07) is 7.10. The lowest BCUT2D eigenvalue weighted by atomic mass is 10.1. The molecule has 0 aliphatic rings. The smallest absolute Gasteiger partial charge is 0.0377 e. The van der Waals surface area contributed by atoms with Crippen molar-refractivity contribution >= 4 is 21.6 Å². The fourth-order valence-corrected chi connectivity index (χ4v) is 3.05. The maximum atomic E-state index is 3.71. The van der Waals surface area contributed by atoms with Crippen LogP contribution in [0.5, 0.6) is 0 Å². The molecule has 0 aliphatic heterocycles. The molecule has 0 aromatic heterocycles. The predicted molar refractivity (Wildman–Crippen MR) is 89.0 cm³/mol. The Morgan fingerprint density at radius 3 is 2.37 bits per heavy atom. The van der Waals surface area contributed by atoms with Gasteiger partial charge >= 0.3 is 0 Å². The number of rotatable bonds is 7. The van der Waals surface area contributed by atoms with E-state index in [-0.39, 0.29) is 0 Å². The van der Waals surface area contributed by atoms with Gasteiger partial charge in [-0.15, -0.1) is 0 Å².